The Kier molecular flexibility index (Phi) is 8.93. The van der Waals surface area contributed by atoms with Gasteiger partial charge in [-0.05, 0) is 44.5 Å². The van der Waals surface area contributed by atoms with Crippen molar-refractivity contribution < 1.29 is 32.9 Å². The lowest BCUT2D eigenvalue weighted by Crippen LogP contribution is -2.44. The number of aliphatic hydroxyl groups is 1. The molecule has 1 aliphatic heterocycles. The van der Waals surface area contributed by atoms with Gasteiger partial charge in [0.15, 0.2) is 0 Å². The van der Waals surface area contributed by atoms with Gasteiger partial charge in [0.2, 0.25) is 11.8 Å². The number of carbonyl (C=O) groups excluding carboxylic acids is 1. The van der Waals surface area contributed by atoms with Gasteiger partial charge in [-0.15, -0.1) is 0 Å². The number of ether oxygens (including phenoxy) is 3. The van der Waals surface area contributed by atoms with Crippen LogP contribution in [0.25, 0.3) is 0 Å². The molecule has 10 nitrogen and oxygen atoms in total. The molecular weight excluding hydrogens is 524 g/mol. The number of hydrogen-bond donors (Lipinski definition) is 2. The van der Waals surface area contributed by atoms with Crippen LogP contribution in [0.1, 0.15) is 49.6 Å². The summed E-state index contributed by atoms with van der Waals surface area (Å²) in [6.45, 7) is 4.05. The summed E-state index contributed by atoms with van der Waals surface area (Å²) in [6, 6.07) is 5.17. The molecule has 0 saturated heterocycles. The Morgan fingerprint density at radius 3 is 2.83 bits per heavy atom. The van der Waals surface area contributed by atoms with E-state index in [2.05, 4.69) is 20.3 Å². The highest BCUT2D eigenvalue weighted by Gasteiger charge is 2.38. The number of aromatic nitrogens is 2. The van der Waals surface area contributed by atoms with Crippen LogP contribution in [0.15, 0.2) is 41.5 Å². The number of carbonyl (C=O) groups is 1. The number of alkyl halides is 2. The van der Waals surface area contributed by atoms with Gasteiger partial charge < -0.3 is 24.6 Å². The number of nitrogens with one attached hydrogen (secondary N) is 1. The molecule has 4 rings (SSSR count). The third kappa shape index (κ3) is 6.35. The third-order valence-electron chi connectivity index (χ3n) is 7.14. The van der Waals surface area contributed by atoms with Crippen LogP contribution >= 0.6 is 0 Å². The Balaban J connectivity index is 1.64. The van der Waals surface area contributed by atoms with Gasteiger partial charge in [0.05, 0.1) is 11.6 Å². The minimum atomic E-state index is -3.30. The molecule has 2 aliphatic rings. The summed E-state index contributed by atoms with van der Waals surface area (Å²) in [6.07, 6.45) is 4.43. The smallest absolute Gasteiger partial charge is 0.277 e. The monoisotopic (exact) mass is 559 g/mol. The van der Waals surface area contributed by atoms with E-state index in [4.69, 9.17) is 14.2 Å². The van der Waals surface area contributed by atoms with Gasteiger partial charge in [-0.3, -0.25) is 9.69 Å². The predicted molar refractivity (Wildman–Crippen MR) is 144 cm³/mol. The van der Waals surface area contributed by atoms with E-state index in [1.54, 1.807) is 50.3 Å². The van der Waals surface area contributed by atoms with Crippen molar-refractivity contribution in [2.45, 2.75) is 51.0 Å². The molecule has 0 radical (unpaired) electrons. The molecule has 3 unspecified atom stereocenters. The van der Waals surface area contributed by atoms with E-state index in [0.717, 1.165) is 18.7 Å². The van der Waals surface area contributed by atoms with Crippen molar-refractivity contribution in [3.8, 4) is 11.6 Å². The molecule has 0 fully saturated rings. The second-order valence-corrected chi connectivity index (χ2v) is 10.2. The highest BCUT2D eigenvalue weighted by molar-refractivity contribution is 6.04. The quantitative estimate of drug-likeness (QED) is 0.419. The zero-order chi connectivity index (χ0) is 29.1. The Morgan fingerprint density at radius 2 is 2.12 bits per heavy atom. The van der Waals surface area contributed by atoms with Gasteiger partial charge in [0, 0.05) is 52.6 Å². The summed E-state index contributed by atoms with van der Waals surface area (Å²) in [5, 5.41) is 13.5. The zero-order valence-corrected chi connectivity index (χ0v) is 23.3. The van der Waals surface area contributed by atoms with Crippen molar-refractivity contribution in [1.29, 1.82) is 0 Å². The molecule has 2 N–H and O–H groups in total. The average Bonchev–Trinajstić information content (AvgIpc) is 3.21. The van der Waals surface area contributed by atoms with Crippen LogP contribution in [0.2, 0.25) is 0 Å². The largest absolute Gasteiger partial charge is 0.438 e. The Morgan fingerprint density at radius 1 is 1.35 bits per heavy atom. The maximum absolute atomic E-state index is 14.5. The van der Waals surface area contributed by atoms with E-state index < -0.39 is 29.2 Å². The fourth-order valence-corrected chi connectivity index (χ4v) is 4.75. The van der Waals surface area contributed by atoms with E-state index >= 15 is 0 Å². The molecule has 1 aromatic heterocycles. The number of rotatable bonds is 10. The number of methoxy groups -OCH3 is 2. The third-order valence-corrected chi connectivity index (χ3v) is 7.14. The summed E-state index contributed by atoms with van der Waals surface area (Å²) in [5.74, 6) is -4.15. The summed E-state index contributed by atoms with van der Waals surface area (Å²) < 4.78 is 45.7. The van der Waals surface area contributed by atoms with Gasteiger partial charge in [-0.25, -0.2) is 18.8 Å². The summed E-state index contributed by atoms with van der Waals surface area (Å²) in [4.78, 5) is 27.2. The van der Waals surface area contributed by atoms with Gasteiger partial charge in [0.1, 0.15) is 23.1 Å². The van der Waals surface area contributed by atoms with Crippen molar-refractivity contribution in [3.63, 3.8) is 0 Å². The molecule has 1 amide bonds. The SMILES string of the molecule is COCCCNC(=O)C1C=CC(=Nc2ncc(C(C)(F)F)c(Oc3cccc4c3C(O)N(C)C4)n2)C(C)(OC)C1. The van der Waals surface area contributed by atoms with E-state index in [-0.39, 0.29) is 23.5 Å². The molecule has 0 spiro atoms. The normalized spacial score (nSPS) is 23.9. The van der Waals surface area contributed by atoms with Crippen LogP contribution in [0.4, 0.5) is 14.7 Å². The number of fused-ring (bicyclic) bond motifs is 1. The highest BCUT2D eigenvalue weighted by Crippen LogP contribution is 2.42. The van der Waals surface area contributed by atoms with E-state index in [1.165, 1.54) is 7.11 Å². The van der Waals surface area contributed by atoms with Crippen LogP contribution in [0, 0.1) is 5.92 Å². The first-order chi connectivity index (χ1) is 19.0. The number of hydrogen-bond acceptors (Lipinski definition) is 9. The topological polar surface area (TPSA) is 118 Å². The Labute approximate surface area is 232 Å². The van der Waals surface area contributed by atoms with Crippen molar-refractivity contribution in [3.05, 3.63) is 53.2 Å². The number of nitrogens with zero attached hydrogens (tertiary/aromatic N) is 4. The lowest BCUT2D eigenvalue weighted by atomic mass is 9.82. The van der Waals surface area contributed by atoms with Crippen molar-refractivity contribution in [2.75, 3.05) is 34.4 Å². The lowest BCUT2D eigenvalue weighted by molar-refractivity contribution is -0.125. The molecule has 0 bridgehead atoms. The maximum atomic E-state index is 14.5. The molecule has 1 aromatic carbocycles. The number of benzene rings is 1. The number of aliphatic imine (C=N–C) groups is 1. The summed E-state index contributed by atoms with van der Waals surface area (Å²) in [5.41, 5.74) is 0.269. The van der Waals surface area contributed by atoms with E-state index in [9.17, 15) is 18.7 Å². The van der Waals surface area contributed by atoms with Gasteiger partial charge in [0.25, 0.3) is 11.9 Å². The molecular formula is C28H35F2N5O5. The number of halogens is 2. The second kappa shape index (κ2) is 12.0. The molecule has 12 heteroatoms. The minimum Gasteiger partial charge on any atom is -0.438 e. The molecule has 216 valence electrons. The fraction of sp³-hybridized carbons (Fsp3) is 0.500. The van der Waals surface area contributed by atoms with Crippen LogP contribution in [-0.2, 0) is 26.7 Å². The minimum absolute atomic E-state index is 0.112. The van der Waals surface area contributed by atoms with E-state index in [0.29, 0.717) is 43.8 Å². The molecule has 1 aliphatic carbocycles. The maximum Gasteiger partial charge on any atom is 0.277 e. The molecule has 2 aromatic rings. The molecule has 0 saturated carbocycles. The molecule has 3 atom stereocenters. The first-order valence-corrected chi connectivity index (χ1v) is 13.0. The van der Waals surface area contributed by atoms with Crippen molar-refractivity contribution in [2.24, 2.45) is 10.9 Å². The Hall–Kier alpha value is -3.32. The summed E-state index contributed by atoms with van der Waals surface area (Å²) in [7, 11) is 4.86. The first-order valence-electron chi connectivity index (χ1n) is 13.0. The summed E-state index contributed by atoms with van der Waals surface area (Å²) >= 11 is 0. The molecule has 40 heavy (non-hydrogen) atoms. The molecule has 2 heterocycles. The fourth-order valence-electron chi connectivity index (χ4n) is 4.75. The second-order valence-electron chi connectivity index (χ2n) is 10.2. The lowest BCUT2D eigenvalue weighted by Gasteiger charge is -2.34. The van der Waals surface area contributed by atoms with Gasteiger partial charge in [-0.1, -0.05) is 18.2 Å². The van der Waals surface area contributed by atoms with Crippen LogP contribution in [0.5, 0.6) is 11.6 Å². The Bertz CT molecular complexity index is 1300. The van der Waals surface area contributed by atoms with Crippen molar-refractivity contribution >= 4 is 17.6 Å². The standard InChI is InChI=1S/C28H35F2N5O5/c1-27(39-5)14-17(23(36)31-12-7-13-38-4)10-11-21(27)33-26-32-15-19(28(2,29)30)24(34-26)40-20-9-6-8-18-16-35(3)25(37)22(18)20/h6,8-11,15,17,25,37H,7,12-14,16H2,1-5H3,(H,31,36). The first kappa shape index (κ1) is 29.7. The van der Waals surface area contributed by atoms with Crippen LogP contribution in [-0.4, -0.2) is 71.6 Å². The van der Waals surface area contributed by atoms with Crippen LogP contribution < -0.4 is 10.1 Å². The van der Waals surface area contributed by atoms with Crippen LogP contribution in [0.3, 0.4) is 0 Å². The number of aliphatic hydroxyl groups excluding tert-OH is 1. The predicted octanol–water partition coefficient (Wildman–Crippen LogP) is 4.02. The zero-order valence-electron chi connectivity index (χ0n) is 23.3. The van der Waals surface area contributed by atoms with Crippen molar-refractivity contribution in [1.82, 2.24) is 20.2 Å². The van der Waals surface area contributed by atoms with Gasteiger partial charge in [-0.2, -0.15) is 4.98 Å². The average molecular weight is 560 g/mol. The van der Waals surface area contributed by atoms with E-state index in [1.807, 2.05) is 6.07 Å². The number of amides is 1. The highest BCUT2D eigenvalue weighted by atomic mass is 19.3. The van der Waals surface area contributed by atoms with Gasteiger partial charge >= 0.3 is 0 Å².